The van der Waals surface area contributed by atoms with Crippen molar-refractivity contribution < 1.29 is 37.3 Å². The molecule has 3 heterocycles. The molecular weight excluding hydrogens is 628 g/mol. The van der Waals surface area contributed by atoms with Crippen LogP contribution in [0.1, 0.15) is 28.9 Å². The fraction of sp³-hybridized carbons (Fsp3) is 0.294. The van der Waals surface area contributed by atoms with Gasteiger partial charge in [-0.3, -0.25) is 14.3 Å². The number of hydrogen-bond donors (Lipinski definition) is 1. The first kappa shape index (κ1) is 32.6. The van der Waals surface area contributed by atoms with Gasteiger partial charge in [-0.25, -0.2) is 23.4 Å². The van der Waals surface area contributed by atoms with Gasteiger partial charge >= 0.3 is 0 Å². The first-order valence-electron chi connectivity index (χ1n) is 15.3. The van der Waals surface area contributed by atoms with Crippen molar-refractivity contribution in [3.63, 3.8) is 0 Å². The van der Waals surface area contributed by atoms with Crippen molar-refractivity contribution in [3.8, 4) is 28.8 Å². The fourth-order valence-electron chi connectivity index (χ4n) is 5.50. The molecule has 0 fully saturated rings. The molecule has 1 amide bonds. The van der Waals surface area contributed by atoms with Crippen LogP contribution in [-0.4, -0.2) is 65.9 Å². The number of nitrogens with one attached hydrogen (secondary N) is 1. The zero-order chi connectivity index (χ0) is 33.6. The van der Waals surface area contributed by atoms with Crippen LogP contribution in [0, 0.1) is 11.6 Å². The quantitative estimate of drug-likeness (QED) is 0.167. The maximum Gasteiger partial charge on any atom is 0.284 e. The number of anilines is 1. The molecular formula is C34H33F2N5O7. The molecule has 0 unspecified atom stereocenters. The number of nitrogens with zero attached hydrogens (tertiary/aromatic N) is 4. The summed E-state index contributed by atoms with van der Waals surface area (Å²) in [6.07, 6.45) is 3.29. The van der Waals surface area contributed by atoms with Crippen LogP contribution in [0.25, 0.3) is 16.6 Å². The van der Waals surface area contributed by atoms with Crippen LogP contribution in [-0.2, 0) is 22.4 Å². The van der Waals surface area contributed by atoms with E-state index in [1.165, 1.54) is 41.3 Å². The summed E-state index contributed by atoms with van der Waals surface area (Å²) in [5.74, 6) is -1.40. The van der Waals surface area contributed by atoms with E-state index in [1.54, 1.807) is 37.1 Å². The average molecular weight is 662 g/mol. The van der Waals surface area contributed by atoms with Crippen LogP contribution in [0.2, 0.25) is 0 Å². The Hall–Kier alpha value is -5.34. The number of carbonyl (C=O) groups excluding carboxylic acids is 1. The number of aromatic nitrogens is 4. The SMILES string of the molecule is COCCOc1cc2ncnc(Oc3ccc(NC(=O)c4c5n(n(-c6ccccc6F)c4=O)CCCC5)cc3F)c2cc1OCCOC. The number of para-hydroxylation sites is 1. The van der Waals surface area contributed by atoms with Crippen molar-refractivity contribution >= 4 is 22.5 Å². The van der Waals surface area contributed by atoms with Gasteiger partial charge in [0.05, 0.1) is 29.8 Å². The molecule has 5 aromatic rings. The first-order chi connectivity index (χ1) is 23.4. The lowest BCUT2D eigenvalue weighted by Gasteiger charge is -2.19. The number of fused-ring (bicyclic) bond motifs is 2. The molecule has 14 heteroatoms. The van der Waals surface area contributed by atoms with Crippen molar-refractivity contribution in [3.05, 3.63) is 94.2 Å². The summed E-state index contributed by atoms with van der Waals surface area (Å²) in [6.45, 7) is 1.68. The van der Waals surface area contributed by atoms with Crippen molar-refractivity contribution in [2.45, 2.75) is 25.8 Å². The van der Waals surface area contributed by atoms with Crippen molar-refractivity contribution in [1.29, 1.82) is 0 Å². The lowest BCUT2D eigenvalue weighted by atomic mass is 10.1. The van der Waals surface area contributed by atoms with E-state index in [-0.39, 0.29) is 41.8 Å². The van der Waals surface area contributed by atoms with Crippen LogP contribution in [0.3, 0.4) is 0 Å². The molecule has 6 rings (SSSR count). The highest BCUT2D eigenvalue weighted by Gasteiger charge is 2.29. The zero-order valence-corrected chi connectivity index (χ0v) is 26.3. The van der Waals surface area contributed by atoms with Gasteiger partial charge in [0.2, 0.25) is 5.88 Å². The summed E-state index contributed by atoms with van der Waals surface area (Å²) in [6, 6.07) is 13.1. The Morgan fingerprint density at radius 2 is 1.62 bits per heavy atom. The molecule has 250 valence electrons. The van der Waals surface area contributed by atoms with Gasteiger partial charge in [0.15, 0.2) is 23.1 Å². The lowest BCUT2D eigenvalue weighted by molar-refractivity contribution is 0.102. The number of amides is 1. The Morgan fingerprint density at radius 3 is 2.35 bits per heavy atom. The third kappa shape index (κ3) is 6.71. The largest absolute Gasteiger partial charge is 0.487 e. The molecule has 0 bridgehead atoms. The maximum absolute atomic E-state index is 15.4. The second kappa shape index (κ2) is 14.6. The maximum atomic E-state index is 15.4. The summed E-state index contributed by atoms with van der Waals surface area (Å²) in [5, 5.41) is 3.05. The highest BCUT2D eigenvalue weighted by molar-refractivity contribution is 6.05. The Bertz CT molecular complexity index is 2010. The number of halogens is 2. The second-order valence-corrected chi connectivity index (χ2v) is 10.8. The normalized spacial score (nSPS) is 12.5. The standard InChI is InChI=1S/C34H33F2N5O7/c1-44-13-15-46-29-18-22-25(19-30(29)47-16-14-45-2)37-20-38-33(22)48-28-11-10-21(17-24(28)36)39-32(42)31-27-9-5-6-12-40(27)41(34(31)43)26-8-4-3-7-23(26)35/h3-4,7-8,10-11,17-20H,5-6,9,12-16H2,1-2H3,(H,39,42). The highest BCUT2D eigenvalue weighted by Crippen LogP contribution is 2.37. The molecule has 0 radical (unpaired) electrons. The van der Waals surface area contributed by atoms with Gasteiger partial charge < -0.3 is 29.0 Å². The molecule has 1 N–H and O–H groups in total. The van der Waals surface area contributed by atoms with Crippen LogP contribution in [0.5, 0.6) is 23.1 Å². The van der Waals surface area contributed by atoms with Crippen molar-refractivity contribution in [1.82, 2.24) is 19.3 Å². The number of rotatable bonds is 13. The molecule has 1 aliphatic rings. The summed E-state index contributed by atoms with van der Waals surface area (Å²) < 4.78 is 60.7. The first-order valence-corrected chi connectivity index (χ1v) is 15.3. The monoisotopic (exact) mass is 661 g/mol. The molecule has 12 nitrogen and oxygen atoms in total. The molecule has 1 aliphatic heterocycles. The van der Waals surface area contributed by atoms with Gasteiger partial charge in [-0.2, -0.15) is 0 Å². The molecule has 0 atom stereocenters. The van der Waals surface area contributed by atoms with E-state index in [1.807, 2.05) is 0 Å². The number of hydrogen-bond acceptors (Lipinski definition) is 9. The predicted octanol–water partition coefficient (Wildman–Crippen LogP) is 5.29. The van der Waals surface area contributed by atoms with E-state index >= 15 is 4.39 Å². The Balaban J connectivity index is 1.25. The van der Waals surface area contributed by atoms with Gasteiger partial charge in [-0.1, -0.05) is 12.1 Å². The molecule has 3 aromatic carbocycles. The molecule has 0 aliphatic carbocycles. The van der Waals surface area contributed by atoms with Crippen LogP contribution in [0.4, 0.5) is 14.5 Å². The van der Waals surface area contributed by atoms with Gasteiger partial charge in [0.25, 0.3) is 11.5 Å². The minimum absolute atomic E-state index is 0.0537. The van der Waals surface area contributed by atoms with Crippen LogP contribution < -0.4 is 25.1 Å². The van der Waals surface area contributed by atoms with Gasteiger partial charge in [-0.05, 0) is 49.6 Å². The second-order valence-electron chi connectivity index (χ2n) is 10.8. The Morgan fingerprint density at radius 1 is 0.875 bits per heavy atom. The van der Waals surface area contributed by atoms with Crippen LogP contribution in [0.15, 0.2) is 65.7 Å². The van der Waals surface area contributed by atoms with Gasteiger partial charge in [0.1, 0.15) is 36.6 Å². The van der Waals surface area contributed by atoms with E-state index in [4.69, 9.17) is 23.7 Å². The van der Waals surface area contributed by atoms with E-state index in [2.05, 4.69) is 15.3 Å². The molecule has 0 saturated carbocycles. The minimum atomic E-state index is -0.793. The number of ether oxygens (including phenoxy) is 5. The van der Waals surface area contributed by atoms with Crippen molar-refractivity contribution in [2.75, 3.05) is 46.0 Å². The summed E-state index contributed by atoms with van der Waals surface area (Å²) >= 11 is 0. The molecule has 0 spiro atoms. The lowest BCUT2D eigenvalue weighted by Crippen LogP contribution is -2.26. The van der Waals surface area contributed by atoms with Gasteiger partial charge in [-0.15, -0.1) is 0 Å². The number of carbonyl (C=O) groups is 1. The van der Waals surface area contributed by atoms with E-state index < -0.39 is 23.1 Å². The summed E-state index contributed by atoms with van der Waals surface area (Å²) in [4.78, 5) is 35.5. The third-order valence-corrected chi connectivity index (χ3v) is 7.74. The summed E-state index contributed by atoms with van der Waals surface area (Å²) in [5.41, 5.74) is 0.354. The zero-order valence-electron chi connectivity index (χ0n) is 26.3. The number of methoxy groups -OCH3 is 2. The number of benzene rings is 3. The van der Waals surface area contributed by atoms with Crippen LogP contribution >= 0.6 is 0 Å². The van der Waals surface area contributed by atoms with Crippen molar-refractivity contribution in [2.24, 2.45) is 0 Å². The molecule has 2 aromatic heterocycles. The fourth-order valence-corrected chi connectivity index (χ4v) is 5.50. The third-order valence-electron chi connectivity index (χ3n) is 7.74. The topological polar surface area (TPSA) is 128 Å². The van der Waals surface area contributed by atoms with E-state index in [9.17, 15) is 14.0 Å². The Kier molecular flexibility index (Phi) is 9.92. The molecule has 0 saturated heterocycles. The van der Waals surface area contributed by atoms with E-state index in [0.29, 0.717) is 54.3 Å². The summed E-state index contributed by atoms with van der Waals surface area (Å²) in [7, 11) is 3.13. The average Bonchev–Trinajstić information content (AvgIpc) is 3.38. The predicted molar refractivity (Wildman–Crippen MR) is 172 cm³/mol. The smallest absolute Gasteiger partial charge is 0.284 e. The molecule has 48 heavy (non-hydrogen) atoms. The van der Waals surface area contributed by atoms with Gasteiger partial charge in [0, 0.05) is 38.6 Å². The van der Waals surface area contributed by atoms with E-state index in [0.717, 1.165) is 18.9 Å². The minimum Gasteiger partial charge on any atom is -0.487 e. The Labute approximate surface area is 273 Å². The highest BCUT2D eigenvalue weighted by atomic mass is 19.1.